The summed E-state index contributed by atoms with van der Waals surface area (Å²) in [7, 11) is 0. The largest absolute Gasteiger partial charge is 0.340 e. The molecule has 0 bridgehead atoms. The molecule has 1 N–H and O–H groups in total. The highest BCUT2D eigenvalue weighted by molar-refractivity contribution is 5.97. The van der Waals surface area contributed by atoms with E-state index in [2.05, 4.69) is 45.5 Å². The molecule has 5 rings (SSSR count). The minimum absolute atomic E-state index is 0.0763. The van der Waals surface area contributed by atoms with Gasteiger partial charge in [-0.15, -0.1) is 0 Å². The van der Waals surface area contributed by atoms with Gasteiger partial charge in [-0.1, -0.05) is 49.6 Å². The van der Waals surface area contributed by atoms with Gasteiger partial charge < -0.3 is 15.1 Å². The number of nitrogens with one attached hydrogen (secondary N) is 1. The van der Waals surface area contributed by atoms with E-state index in [9.17, 15) is 9.59 Å². The van der Waals surface area contributed by atoms with Crippen molar-refractivity contribution in [3.8, 4) is 0 Å². The second kappa shape index (κ2) is 13.3. The van der Waals surface area contributed by atoms with Gasteiger partial charge in [0.1, 0.15) is 6.04 Å². The van der Waals surface area contributed by atoms with Crippen LogP contribution in [0.15, 0.2) is 54.9 Å². The predicted molar refractivity (Wildman–Crippen MR) is 150 cm³/mol. The molecular formula is C31H43N5O2. The first kappa shape index (κ1) is 26.8. The number of hydrogen-bond donors (Lipinski definition) is 1. The number of nitrogens with zero attached hydrogens (tertiary/aromatic N) is 4. The second-order valence-electron chi connectivity index (χ2n) is 11.3. The van der Waals surface area contributed by atoms with Crippen molar-refractivity contribution in [2.75, 3.05) is 45.8 Å². The first-order valence-electron chi connectivity index (χ1n) is 14.7. The standard InChI is InChI=1S/C31H43N5O2/c37-30(27-13-7-15-33-22-27)36-24-28(21-29(36)31(38)34-18-8-16-32-17-20-34)35(23-26-11-5-2-6-12-26)19-14-25-9-3-1-4-10-25/h1,3-4,7,9-10,13,15,22,26,28-29,32H,2,5-6,8,11-12,14,16-21,23-24H2. The molecule has 3 heterocycles. The molecule has 204 valence electrons. The Labute approximate surface area is 227 Å². The van der Waals surface area contributed by atoms with Crippen LogP contribution in [0.4, 0.5) is 0 Å². The summed E-state index contributed by atoms with van der Waals surface area (Å²) in [6.45, 7) is 5.80. The first-order valence-corrected chi connectivity index (χ1v) is 14.7. The number of hydrogen-bond acceptors (Lipinski definition) is 5. The van der Waals surface area contributed by atoms with Crippen LogP contribution in [0.3, 0.4) is 0 Å². The van der Waals surface area contributed by atoms with E-state index < -0.39 is 6.04 Å². The summed E-state index contributed by atoms with van der Waals surface area (Å²) in [6, 6.07) is 14.1. The van der Waals surface area contributed by atoms with Crippen molar-refractivity contribution in [3.05, 3.63) is 66.0 Å². The van der Waals surface area contributed by atoms with Gasteiger partial charge in [0, 0.05) is 57.7 Å². The lowest BCUT2D eigenvalue weighted by Crippen LogP contribution is -2.48. The van der Waals surface area contributed by atoms with E-state index in [-0.39, 0.29) is 17.9 Å². The highest BCUT2D eigenvalue weighted by atomic mass is 16.2. The van der Waals surface area contributed by atoms with Gasteiger partial charge in [-0.3, -0.25) is 19.5 Å². The number of pyridine rings is 1. The molecule has 3 fully saturated rings. The van der Waals surface area contributed by atoms with Crippen molar-refractivity contribution in [2.24, 2.45) is 5.92 Å². The van der Waals surface area contributed by atoms with E-state index in [1.807, 2.05) is 15.9 Å². The molecule has 2 unspecified atom stereocenters. The zero-order valence-corrected chi connectivity index (χ0v) is 22.6. The second-order valence-corrected chi connectivity index (χ2v) is 11.3. The molecule has 38 heavy (non-hydrogen) atoms. The van der Waals surface area contributed by atoms with Gasteiger partial charge in [0.05, 0.1) is 5.56 Å². The summed E-state index contributed by atoms with van der Waals surface area (Å²) < 4.78 is 0. The van der Waals surface area contributed by atoms with Gasteiger partial charge in [-0.2, -0.15) is 0 Å². The average Bonchev–Trinajstić information content (AvgIpc) is 3.23. The first-order chi connectivity index (χ1) is 18.7. The quantitative estimate of drug-likeness (QED) is 0.580. The Hall–Kier alpha value is -2.77. The van der Waals surface area contributed by atoms with E-state index in [0.29, 0.717) is 31.0 Å². The van der Waals surface area contributed by atoms with Crippen LogP contribution in [0.2, 0.25) is 0 Å². The Morgan fingerprint density at radius 2 is 1.82 bits per heavy atom. The lowest BCUT2D eigenvalue weighted by Gasteiger charge is -2.34. The van der Waals surface area contributed by atoms with Crippen LogP contribution in [-0.4, -0.2) is 89.4 Å². The Kier molecular flexibility index (Phi) is 9.42. The number of benzene rings is 1. The number of carbonyl (C=O) groups excluding carboxylic acids is 2. The molecule has 1 saturated carbocycles. The van der Waals surface area contributed by atoms with Crippen molar-refractivity contribution in [2.45, 2.75) is 63.5 Å². The minimum atomic E-state index is -0.420. The fourth-order valence-corrected chi connectivity index (χ4v) is 6.51. The summed E-state index contributed by atoms with van der Waals surface area (Å²) in [6.07, 6.45) is 12.5. The normalized spacial score (nSPS) is 23.0. The Morgan fingerprint density at radius 1 is 0.974 bits per heavy atom. The van der Waals surface area contributed by atoms with E-state index in [0.717, 1.165) is 45.6 Å². The smallest absolute Gasteiger partial charge is 0.256 e. The number of likely N-dealkylation sites (tertiary alicyclic amines) is 1. The molecule has 2 aromatic rings. The molecule has 1 aliphatic carbocycles. The maximum Gasteiger partial charge on any atom is 0.256 e. The lowest BCUT2D eigenvalue weighted by atomic mass is 9.88. The molecule has 1 aromatic carbocycles. The highest BCUT2D eigenvalue weighted by Gasteiger charge is 2.43. The van der Waals surface area contributed by atoms with E-state index in [1.165, 1.54) is 37.7 Å². The SMILES string of the molecule is O=C(C1CC(N(CCc2ccccc2)CC2CCCCC2)CN1C(=O)c1cccnc1)N1CCCNCC1. The molecule has 2 amide bonds. The van der Waals surface area contributed by atoms with Crippen LogP contribution in [0.25, 0.3) is 0 Å². The van der Waals surface area contributed by atoms with Gasteiger partial charge in [0.2, 0.25) is 5.91 Å². The topological polar surface area (TPSA) is 68.8 Å². The van der Waals surface area contributed by atoms with Crippen LogP contribution in [0.1, 0.15) is 60.9 Å². The van der Waals surface area contributed by atoms with Gasteiger partial charge >= 0.3 is 0 Å². The fraction of sp³-hybridized carbons (Fsp3) is 0.581. The van der Waals surface area contributed by atoms with Gasteiger partial charge in [-0.25, -0.2) is 0 Å². The zero-order valence-electron chi connectivity index (χ0n) is 22.6. The van der Waals surface area contributed by atoms with Crippen LogP contribution >= 0.6 is 0 Å². The third-order valence-corrected chi connectivity index (χ3v) is 8.65. The van der Waals surface area contributed by atoms with E-state index in [1.54, 1.807) is 18.5 Å². The number of carbonyl (C=O) groups is 2. The van der Waals surface area contributed by atoms with Crippen LogP contribution in [-0.2, 0) is 11.2 Å². The number of aromatic nitrogens is 1. The maximum atomic E-state index is 13.9. The molecule has 2 atom stereocenters. The van der Waals surface area contributed by atoms with Crippen molar-refractivity contribution in [1.29, 1.82) is 0 Å². The summed E-state index contributed by atoms with van der Waals surface area (Å²) in [5.74, 6) is 0.732. The summed E-state index contributed by atoms with van der Waals surface area (Å²) in [4.78, 5) is 38.3. The van der Waals surface area contributed by atoms with Gasteiger partial charge in [0.25, 0.3) is 5.91 Å². The minimum Gasteiger partial charge on any atom is -0.340 e. The Bertz CT molecular complexity index is 1020. The molecule has 2 aliphatic heterocycles. The molecular weight excluding hydrogens is 474 g/mol. The highest BCUT2D eigenvalue weighted by Crippen LogP contribution is 2.30. The van der Waals surface area contributed by atoms with Crippen molar-refractivity contribution in [1.82, 2.24) is 25.0 Å². The monoisotopic (exact) mass is 517 g/mol. The van der Waals surface area contributed by atoms with Crippen LogP contribution in [0, 0.1) is 5.92 Å². The van der Waals surface area contributed by atoms with Crippen molar-refractivity contribution in [3.63, 3.8) is 0 Å². The van der Waals surface area contributed by atoms with Gasteiger partial charge in [-0.05, 0) is 62.3 Å². The Balaban J connectivity index is 1.37. The van der Waals surface area contributed by atoms with Crippen molar-refractivity contribution >= 4 is 11.8 Å². The lowest BCUT2D eigenvalue weighted by molar-refractivity contribution is -0.135. The molecule has 2 saturated heterocycles. The van der Waals surface area contributed by atoms with E-state index >= 15 is 0 Å². The third-order valence-electron chi connectivity index (χ3n) is 8.65. The maximum absolute atomic E-state index is 13.9. The molecule has 0 radical (unpaired) electrons. The molecule has 7 heteroatoms. The fourth-order valence-electron chi connectivity index (χ4n) is 6.51. The summed E-state index contributed by atoms with van der Waals surface area (Å²) in [5.41, 5.74) is 1.90. The molecule has 0 spiro atoms. The third kappa shape index (κ3) is 6.80. The number of amides is 2. The molecule has 3 aliphatic rings. The predicted octanol–water partition coefficient (Wildman–Crippen LogP) is 3.61. The Morgan fingerprint density at radius 3 is 2.61 bits per heavy atom. The van der Waals surface area contributed by atoms with E-state index in [4.69, 9.17) is 0 Å². The van der Waals surface area contributed by atoms with Gasteiger partial charge in [0.15, 0.2) is 0 Å². The number of rotatable bonds is 8. The average molecular weight is 518 g/mol. The summed E-state index contributed by atoms with van der Waals surface area (Å²) in [5, 5.41) is 3.40. The van der Waals surface area contributed by atoms with Crippen LogP contribution in [0.5, 0.6) is 0 Å². The van der Waals surface area contributed by atoms with Crippen molar-refractivity contribution < 1.29 is 9.59 Å². The molecule has 7 nitrogen and oxygen atoms in total. The van der Waals surface area contributed by atoms with Crippen LogP contribution < -0.4 is 5.32 Å². The summed E-state index contributed by atoms with van der Waals surface area (Å²) >= 11 is 0. The zero-order chi connectivity index (χ0) is 26.2. The molecule has 1 aromatic heterocycles.